The highest BCUT2D eigenvalue weighted by molar-refractivity contribution is 7.90. The van der Waals surface area contributed by atoms with Gasteiger partial charge in [-0.3, -0.25) is 9.59 Å². The van der Waals surface area contributed by atoms with Gasteiger partial charge in [0.05, 0.1) is 5.69 Å². The normalized spacial score (nSPS) is 13.0. The first-order valence-corrected chi connectivity index (χ1v) is 15.0. The highest BCUT2D eigenvalue weighted by Gasteiger charge is 2.35. The molecule has 3 aromatic carbocycles. The van der Waals surface area contributed by atoms with E-state index in [-0.39, 0.29) is 30.6 Å². The minimum atomic E-state index is -4.27. The summed E-state index contributed by atoms with van der Waals surface area (Å²) in [6.07, 6.45) is 0.901. The highest BCUT2D eigenvalue weighted by atomic mass is 32.2. The molecule has 1 N–H and O–H groups in total. The van der Waals surface area contributed by atoms with Gasteiger partial charge in [-0.25, -0.2) is 8.70 Å². The number of hydrogen-bond donors (Lipinski definition) is 1. The number of nitrogens with zero attached hydrogens (tertiary/aromatic N) is 3. The Morgan fingerprint density at radius 1 is 0.927 bits per heavy atom. The number of halogens is 1. The maximum absolute atomic E-state index is 14.9. The SMILES string of the molecule is CC[C@@H](C)NC(=O)[C@@H](Cc1ccccc1)N(Cc1cccc(C)c1)C(=O)CN(c1ccccc1F)S(=O)(=O)N(C)C. The molecule has 8 nitrogen and oxygen atoms in total. The van der Waals surface area contributed by atoms with E-state index in [1.165, 1.54) is 37.2 Å². The number of hydrogen-bond acceptors (Lipinski definition) is 4. The Bertz CT molecular complexity index is 1430. The van der Waals surface area contributed by atoms with Crippen molar-refractivity contribution in [3.8, 4) is 0 Å². The van der Waals surface area contributed by atoms with Crippen LogP contribution in [-0.2, 0) is 32.8 Å². The number of nitrogens with one attached hydrogen (secondary N) is 1. The van der Waals surface area contributed by atoms with Gasteiger partial charge in [0.1, 0.15) is 18.4 Å². The molecule has 3 aromatic rings. The van der Waals surface area contributed by atoms with Crippen LogP contribution in [0, 0.1) is 12.7 Å². The van der Waals surface area contributed by atoms with Gasteiger partial charge in [0.25, 0.3) is 0 Å². The lowest BCUT2D eigenvalue weighted by molar-refractivity contribution is -0.140. The number of benzene rings is 3. The topological polar surface area (TPSA) is 90.0 Å². The molecular formula is C31H39FN4O4S. The fourth-order valence-electron chi connectivity index (χ4n) is 4.36. The molecule has 0 saturated heterocycles. The van der Waals surface area contributed by atoms with Crippen LogP contribution in [0.25, 0.3) is 0 Å². The zero-order valence-corrected chi connectivity index (χ0v) is 25.1. The fourth-order valence-corrected chi connectivity index (χ4v) is 5.42. The van der Waals surface area contributed by atoms with Crippen LogP contribution in [-0.4, -0.2) is 62.2 Å². The number of aryl methyl sites for hydroxylation is 1. The lowest BCUT2D eigenvalue weighted by atomic mass is 10.0. The molecule has 0 unspecified atom stereocenters. The van der Waals surface area contributed by atoms with Crippen LogP contribution in [0.3, 0.4) is 0 Å². The van der Waals surface area contributed by atoms with E-state index in [9.17, 15) is 22.4 Å². The van der Waals surface area contributed by atoms with E-state index < -0.39 is 34.5 Å². The largest absolute Gasteiger partial charge is 0.352 e. The Balaban J connectivity index is 2.11. The Kier molecular flexibility index (Phi) is 11.0. The number of anilines is 1. The summed E-state index contributed by atoms with van der Waals surface area (Å²) in [5.74, 6) is -1.77. The fraction of sp³-hybridized carbons (Fsp3) is 0.355. The summed E-state index contributed by atoms with van der Waals surface area (Å²) in [5.41, 5.74) is 2.34. The molecule has 41 heavy (non-hydrogen) atoms. The van der Waals surface area contributed by atoms with E-state index >= 15 is 0 Å². The van der Waals surface area contributed by atoms with Gasteiger partial charge in [-0.1, -0.05) is 79.2 Å². The first kappa shape index (κ1) is 31.8. The van der Waals surface area contributed by atoms with E-state index in [1.54, 1.807) is 0 Å². The molecule has 3 rings (SSSR count). The Morgan fingerprint density at radius 3 is 2.17 bits per heavy atom. The first-order valence-electron chi connectivity index (χ1n) is 13.6. The van der Waals surface area contributed by atoms with Crippen LogP contribution in [0.15, 0.2) is 78.9 Å². The van der Waals surface area contributed by atoms with Crippen molar-refractivity contribution in [3.05, 3.63) is 101 Å². The van der Waals surface area contributed by atoms with Gasteiger partial charge in [-0.2, -0.15) is 12.7 Å². The van der Waals surface area contributed by atoms with Gasteiger partial charge < -0.3 is 10.2 Å². The Labute approximate surface area is 243 Å². The second-order valence-electron chi connectivity index (χ2n) is 10.3. The maximum Gasteiger partial charge on any atom is 0.304 e. The van der Waals surface area contributed by atoms with Gasteiger partial charge in [-0.15, -0.1) is 0 Å². The zero-order valence-electron chi connectivity index (χ0n) is 24.2. The van der Waals surface area contributed by atoms with Crippen molar-refractivity contribution in [2.45, 2.75) is 52.2 Å². The van der Waals surface area contributed by atoms with Crippen LogP contribution < -0.4 is 9.62 Å². The van der Waals surface area contributed by atoms with E-state index in [0.29, 0.717) is 6.42 Å². The minimum absolute atomic E-state index is 0.0546. The predicted octanol–water partition coefficient (Wildman–Crippen LogP) is 4.30. The molecule has 0 heterocycles. The lowest BCUT2D eigenvalue weighted by Crippen LogP contribution is -2.55. The molecule has 0 fully saturated rings. The highest BCUT2D eigenvalue weighted by Crippen LogP contribution is 2.24. The summed E-state index contributed by atoms with van der Waals surface area (Å²) in [6.45, 7) is 5.11. The predicted molar refractivity (Wildman–Crippen MR) is 160 cm³/mol. The van der Waals surface area contributed by atoms with E-state index in [2.05, 4.69) is 5.32 Å². The molecule has 0 saturated carbocycles. The molecule has 0 aliphatic carbocycles. The minimum Gasteiger partial charge on any atom is -0.352 e. The van der Waals surface area contributed by atoms with Crippen molar-refractivity contribution in [3.63, 3.8) is 0 Å². The van der Waals surface area contributed by atoms with Gasteiger partial charge in [0, 0.05) is 33.1 Å². The average Bonchev–Trinajstić information content (AvgIpc) is 2.94. The number of para-hydroxylation sites is 1. The third-order valence-corrected chi connectivity index (χ3v) is 8.65. The summed E-state index contributed by atoms with van der Waals surface area (Å²) in [5, 5.41) is 2.99. The Hall–Kier alpha value is -3.76. The van der Waals surface area contributed by atoms with E-state index in [4.69, 9.17) is 0 Å². The number of carbonyl (C=O) groups excluding carboxylic acids is 2. The van der Waals surface area contributed by atoms with Crippen molar-refractivity contribution in [2.75, 3.05) is 24.9 Å². The van der Waals surface area contributed by atoms with Crippen molar-refractivity contribution in [1.82, 2.24) is 14.5 Å². The first-order chi connectivity index (χ1) is 19.4. The van der Waals surface area contributed by atoms with Gasteiger partial charge in [0.15, 0.2) is 0 Å². The maximum atomic E-state index is 14.9. The van der Waals surface area contributed by atoms with E-state index in [1.807, 2.05) is 75.4 Å². The second-order valence-corrected chi connectivity index (χ2v) is 12.3. The monoisotopic (exact) mass is 582 g/mol. The molecular weight excluding hydrogens is 543 g/mol. The van der Waals surface area contributed by atoms with Crippen LogP contribution in [0.2, 0.25) is 0 Å². The zero-order chi connectivity index (χ0) is 30.2. The number of rotatable bonds is 13. The molecule has 0 aliphatic rings. The summed E-state index contributed by atoms with van der Waals surface area (Å²) in [4.78, 5) is 29.3. The van der Waals surface area contributed by atoms with Crippen molar-refractivity contribution in [2.24, 2.45) is 0 Å². The number of carbonyl (C=O) groups is 2. The molecule has 2 atom stereocenters. The summed E-state index contributed by atoms with van der Waals surface area (Å²) in [7, 11) is -1.64. The summed E-state index contributed by atoms with van der Waals surface area (Å²) >= 11 is 0. The molecule has 10 heteroatoms. The molecule has 0 bridgehead atoms. The van der Waals surface area contributed by atoms with Crippen LogP contribution >= 0.6 is 0 Å². The second kappa shape index (κ2) is 14.2. The lowest BCUT2D eigenvalue weighted by Gasteiger charge is -2.35. The third-order valence-electron chi connectivity index (χ3n) is 6.85. The number of amides is 2. The summed E-state index contributed by atoms with van der Waals surface area (Å²) in [6, 6.07) is 21.2. The van der Waals surface area contributed by atoms with Gasteiger partial charge >= 0.3 is 10.2 Å². The van der Waals surface area contributed by atoms with E-state index in [0.717, 1.165) is 31.4 Å². The average molecular weight is 583 g/mol. The van der Waals surface area contributed by atoms with Gasteiger partial charge in [0.2, 0.25) is 11.8 Å². The molecule has 220 valence electrons. The van der Waals surface area contributed by atoms with Crippen molar-refractivity contribution < 1.29 is 22.4 Å². The van der Waals surface area contributed by atoms with Crippen molar-refractivity contribution >= 4 is 27.7 Å². The molecule has 0 spiro atoms. The molecule has 0 radical (unpaired) electrons. The smallest absolute Gasteiger partial charge is 0.304 e. The molecule has 2 amide bonds. The van der Waals surface area contributed by atoms with Crippen molar-refractivity contribution in [1.29, 1.82) is 0 Å². The van der Waals surface area contributed by atoms with Crippen LogP contribution in [0.4, 0.5) is 10.1 Å². The summed E-state index contributed by atoms with van der Waals surface area (Å²) < 4.78 is 43.3. The van der Waals surface area contributed by atoms with Crippen LogP contribution in [0.5, 0.6) is 0 Å². The standard InChI is InChI=1S/C31H39FN4O4S/c1-6-24(3)33-31(38)29(20-25-14-8-7-9-15-25)35(21-26-16-12-13-23(2)19-26)30(37)22-36(41(39,40)34(4)5)28-18-11-10-17-27(28)32/h7-19,24,29H,6,20-22H2,1-5H3,(H,33,38)/t24-,29-/m1/s1. The molecule has 0 aliphatic heterocycles. The molecule has 0 aromatic heterocycles. The third kappa shape index (κ3) is 8.37. The quantitative estimate of drug-likeness (QED) is 0.326. The van der Waals surface area contributed by atoms with Gasteiger partial charge in [-0.05, 0) is 43.5 Å². The Morgan fingerprint density at radius 2 is 1.56 bits per heavy atom. The van der Waals surface area contributed by atoms with Crippen LogP contribution in [0.1, 0.15) is 37.0 Å².